The fourth-order valence-electron chi connectivity index (χ4n) is 2.30. The summed E-state index contributed by atoms with van der Waals surface area (Å²) in [6.45, 7) is 3.88. The molecule has 0 fully saturated rings. The average molecular weight is 285 g/mol. The van der Waals surface area contributed by atoms with Gasteiger partial charge in [0.25, 0.3) is 0 Å². The Bertz CT molecular complexity index is 722. The lowest BCUT2D eigenvalue weighted by atomic mass is 10.1. The minimum absolute atomic E-state index is 0.0487. The minimum Gasteiger partial charge on any atom is -0.324 e. The van der Waals surface area contributed by atoms with Gasteiger partial charge in [-0.05, 0) is 31.0 Å². The van der Waals surface area contributed by atoms with Crippen molar-refractivity contribution < 1.29 is 9.59 Å². The maximum absolute atomic E-state index is 12.5. The van der Waals surface area contributed by atoms with Crippen LogP contribution in [0.15, 0.2) is 24.5 Å². The molecule has 1 atom stereocenters. The van der Waals surface area contributed by atoms with Gasteiger partial charge in [0.15, 0.2) is 0 Å². The van der Waals surface area contributed by atoms with Crippen LogP contribution in [0.2, 0.25) is 0 Å². The third-order valence-corrected chi connectivity index (χ3v) is 3.45. The second kappa shape index (κ2) is 5.01. The number of carbonyl (C=O) groups excluding carboxylic acids is 2. The van der Waals surface area contributed by atoms with E-state index in [9.17, 15) is 9.59 Å². The molecule has 2 aromatic rings. The first kappa shape index (κ1) is 13.3. The zero-order valence-corrected chi connectivity index (χ0v) is 11.8. The Balaban J connectivity index is 1.86. The van der Waals surface area contributed by atoms with Crippen molar-refractivity contribution in [1.82, 2.24) is 14.8 Å². The van der Waals surface area contributed by atoms with Gasteiger partial charge < -0.3 is 5.32 Å². The number of carbonyl (C=O) groups is 2. The van der Waals surface area contributed by atoms with Crippen LogP contribution in [0.1, 0.15) is 23.6 Å². The molecule has 1 aromatic carbocycles. The number of anilines is 2. The lowest BCUT2D eigenvalue weighted by Gasteiger charge is -2.23. The zero-order chi connectivity index (χ0) is 15.0. The summed E-state index contributed by atoms with van der Waals surface area (Å²) in [4.78, 5) is 28.0. The predicted molar refractivity (Wildman–Crippen MR) is 76.9 cm³/mol. The monoisotopic (exact) mass is 285 g/mol. The van der Waals surface area contributed by atoms with E-state index in [1.165, 1.54) is 11.0 Å². The molecule has 0 aliphatic carbocycles. The molecule has 0 saturated heterocycles. The van der Waals surface area contributed by atoms with E-state index in [2.05, 4.69) is 20.7 Å². The highest BCUT2D eigenvalue weighted by molar-refractivity contribution is 6.01. The molecular formula is C14H15N5O2. The van der Waals surface area contributed by atoms with Crippen molar-refractivity contribution in [3.8, 4) is 0 Å². The Morgan fingerprint density at radius 1 is 1.43 bits per heavy atom. The highest BCUT2D eigenvalue weighted by atomic mass is 16.2. The van der Waals surface area contributed by atoms with Gasteiger partial charge in [-0.1, -0.05) is 12.1 Å². The van der Waals surface area contributed by atoms with E-state index in [4.69, 9.17) is 0 Å². The smallest absolute Gasteiger partial charge is 0.249 e. The van der Waals surface area contributed by atoms with Crippen molar-refractivity contribution in [3.63, 3.8) is 0 Å². The molecule has 1 aliphatic heterocycles. The number of hydrogen-bond donors (Lipinski definition) is 2. The van der Waals surface area contributed by atoms with Crippen LogP contribution in [0.3, 0.4) is 0 Å². The van der Waals surface area contributed by atoms with Crippen LogP contribution in [-0.2, 0) is 9.59 Å². The van der Waals surface area contributed by atoms with E-state index in [-0.39, 0.29) is 18.2 Å². The molecule has 0 saturated carbocycles. The molecule has 2 heterocycles. The van der Waals surface area contributed by atoms with Crippen LogP contribution < -0.4 is 10.6 Å². The summed E-state index contributed by atoms with van der Waals surface area (Å²) in [5, 5.41) is 9.45. The third kappa shape index (κ3) is 2.49. The van der Waals surface area contributed by atoms with Gasteiger partial charge in [-0.2, -0.15) is 10.1 Å². The fourth-order valence-corrected chi connectivity index (χ4v) is 2.30. The fraction of sp³-hybridized carbons (Fsp3) is 0.286. The maximum atomic E-state index is 12.5. The predicted octanol–water partition coefficient (Wildman–Crippen LogP) is 1.42. The first-order valence-corrected chi connectivity index (χ1v) is 6.62. The number of aromatic nitrogens is 3. The largest absolute Gasteiger partial charge is 0.324 e. The number of hydrogen-bond acceptors (Lipinski definition) is 4. The van der Waals surface area contributed by atoms with E-state index in [1.807, 2.05) is 32.0 Å². The Morgan fingerprint density at radius 2 is 2.24 bits per heavy atom. The van der Waals surface area contributed by atoms with Crippen molar-refractivity contribution in [3.05, 3.63) is 35.7 Å². The first-order chi connectivity index (χ1) is 10.0. The van der Waals surface area contributed by atoms with E-state index >= 15 is 0 Å². The molecule has 0 bridgehead atoms. The number of benzene rings is 1. The molecule has 0 radical (unpaired) electrons. The van der Waals surface area contributed by atoms with Gasteiger partial charge in [0.05, 0.1) is 6.42 Å². The van der Waals surface area contributed by atoms with Gasteiger partial charge >= 0.3 is 0 Å². The average Bonchev–Trinajstić information content (AvgIpc) is 2.89. The molecule has 7 heteroatoms. The highest BCUT2D eigenvalue weighted by Gasteiger charge is 2.32. The van der Waals surface area contributed by atoms with Crippen molar-refractivity contribution in [2.45, 2.75) is 26.3 Å². The molecule has 0 spiro atoms. The van der Waals surface area contributed by atoms with Crippen LogP contribution >= 0.6 is 0 Å². The van der Waals surface area contributed by atoms with Gasteiger partial charge in [-0.25, -0.2) is 4.68 Å². The normalized spacial score (nSPS) is 17.0. The molecular weight excluding hydrogens is 270 g/mol. The number of aryl methyl sites for hydroxylation is 2. The summed E-state index contributed by atoms with van der Waals surface area (Å²) in [6.07, 6.45) is 1.37. The second-order valence-corrected chi connectivity index (χ2v) is 5.10. The standard InChI is InChI=1S/C14H15N5O2/c1-8-3-4-9(2)10(5-8)17-13(21)11-6-12(20)18-14-15-7-16-19(11)14/h3-5,7,11H,6H2,1-2H3,(H,17,21)(H,15,16,18,20)/t11-/m0/s1. The number of amides is 2. The van der Waals surface area contributed by atoms with Crippen molar-refractivity contribution in [2.75, 3.05) is 10.6 Å². The van der Waals surface area contributed by atoms with Gasteiger partial charge in [0.1, 0.15) is 12.4 Å². The molecule has 3 rings (SSSR count). The van der Waals surface area contributed by atoms with E-state index in [0.29, 0.717) is 5.95 Å². The Kier molecular flexibility index (Phi) is 3.17. The van der Waals surface area contributed by atoms with Gasteiger partial charge in [0, 0.05) is 5.69 Å². The lowest BCUT2D eigenvalue weighted by Crippen LogP contribution is -2.36. The van der Waals surface area contributed by atoms with Crippen LogP contribution in [0.25, 0.3) is 0 Å². The number of nitrogens with one attached hydrogen (secondary N) is 2. The highest BCUT2D eigenvalue weighted by Crippen LogP contribution is 2.24. The van der Waals surface area contributed by atoms with Gasteiger partial charge in [-0.3, -0.25) is 14.9 Å². The molecule has 2 amide bonds. The van der Waals surface area contributed by atoms with Crippen LogP contribution in [0, 0.1) is 13.8 Å². The van der Waals surface area contributed by atoms with E-state index < -0.39 is 6.04 Å². The lowest BCUT2D eigenvalue weighted by molar-refractivity contribution is -0.125. The van der Waals surface area contributed by atoms with Crippen LogP contribution in [0.4, 0.5) is 11.6 Å². The number of fused-ring (bicyclic) bond motifs is 1. The Labute approximate surface area is 121 Å². The topological polar surface area (TPSA) is 88.9 Å². The van der Waals surface area contributed by atoms with E-state index in [0.717, 1.165) is 16.8 Å². The molecule has 7 nitrogen and oxygen atoms in total. The summed E-state index contributed by atoms with van der Waals surface area (Å²) in [5.41, 5.74) is 2.76. The minimum atomic E-state index is -0.684. The van der Waals surface area contributed by atoms with Crippen molar-refractivity contribution >= 4 is 23.5 Å². The Morgan fingerprint density at radius 3 is 3.05 bits per heavy atom. The Hall–Kier alpha value is -2.70. The molecule has 108 valence electrons. The first-order valence-electron chi connectivity index (χ1n) is 6.62. The van der Waals surface area contributed by atoms with E-state index in [1.54, 1.807) is 0 Å². The quantitative estimate of drug-likeness (QED) is 0.873. The summed E-state index contributed by atoms with van der Waals surface area (Å²) in [6, 6.07) is 5.14. The number of nitrogens with zero attached hydrogens (tertiary/aromatic N) is 3. The zero-order valence-electron chi connectivity index (χ0n) is 11.8. The second-order valence-electron chi connectivity index (χ2n) is 5.10. The van der Waals surface area contributed by atoms with Gasteiger partial charge in [0.2, 0.25) is 17.8 Å². The maximum Gasteiger partial charge on any atom is 0.249 e. The van der Waals surface area contributed by atoms with Crippen LogP contribution in [0.5, 0.6) is 0 Å². The number of rotatable bonds is 2. The molecule has 1 aliphatic rings. The van der Waals surface area contributed by atoms with Crippen molar-refractivity contribution in [2.24, 2.45) is 0 Å². The van der Waals surface area contributed by atoms with Gasteiger partial charge in [-0.15, -0.1) is 0 Å². The van der Waals surface area contributed by atoms with Crippen LogP contribution in [-0.4, -0.2) is 26.6 Å². The van der Waals surface area contributed by atoms with Crippen molar-refractivity contribution in [1.29, 1.82) is 0 Å². The molecule has 21 heavy (non-hydrogen) atoms. The molecule has 0 unspecified atom stereocenters. The third-order valence-electron chi connectivity index (χ3n) is 3.45. The SMILES string of the molecule is Cc1ccc(C)c(NC(=O)[C@@H]2CC(=O)Nc3ncnn32)c1. The summed E-state index contributed by atoms with van der Waals surface area (Å²) >= 11 is 0. The summed E-state index contributed by atoms with van der Waals surface area (Å²) in [7, 11) is 0. The summed E-state index contributed by atoms with van der Waals surface area (Å²) in [5.74, 6) is -0.214. The molecule has 2 N–H and O–H groups in total. The molecule has 1 aromatic heterocycles. The summed E-state index contributed by atoms with van der Waals surface area (Å²) < 4.78 is 1.43.